The summed E-state index contributed by atoms with van der Waals surface area (Å²) >= 11 is -1.66. The maximum absolute atomic E-state index is 15.0. The first-order valence-corrected chi connectivity index (χ1v) is 12.4. The van der Waals surface area contributed by atoms with Gasteiger partial charge in [-0.1, -0.05) is 36.4 Å². The van der Waals surface area contributed by atoms with Gasteiger partial charge in [0.15, 0.2) is 16.6 Å². The molecule has 2 aromatic rings. The monoisotopic (exact) mass is 459 g/mol. The number of piperazine rings is 1. The lowest BCUT2D eigenvalue weighted by atomic mass is 10.1. The van der Waals surface area contributed by atoms with Crippen LogP contribution < -0.4 is 4.90 Å². The van der Waals surface area contributed by atoms with Crippen LogP contribution in [0.25, 0.3) is 0 Å². The highest BCUT2D eigenvalue weighted by Gasteiger charge is 2.42. The molecule has 0 N–H and O–H groups in total. The van der Waals surface area contributed by atoms with E-state index in [4.69, 9.17) is 0 Å². The van der Waals surface area contributed by atoms with Crippen LogP contribution in [0.1, 0.15) is 42.6 Å². The van der Waals surface area contributed by atoms with E-state index in [0.717, 1.165) is 18.4 Å². The average molecular weight is 460 g/mol. The zero-order valence-electron chi connectivity index (χ0n) is 18.4. The molecule has 0 aliphatic carbocycles. The number of anilines is 1. The van der Waals surface area contributed by atoms with Crippen molar-refractivity contribution in [3.05, 3.63) is 70.7 Å². The minimum absolute atomic E-state index is 0.00867. The van der Waals surface area contributed by atoms with Crippen LogP contribution in [0.15, 0.2) is 48.5 Å². The largest absolute Gasteiger partial charge is 0.586 e. The Bertz CT molecular complexity index is 939. The van der Waals surface area contributed by atoms with Crippen molar-refractivity contribution in [1.29, 1.82) is 0 Å². The fraction of sp³-hybridized carbons (Fsp3) is 0.458. The Morgan fingerprint density at radius 1 is 1.12 bits per heavy atom. The molecule has 3 unspecified atom stereocenters. The maximum Gasteiger partial charge on any atom is 0.219 e. The number of carbonyl (C=O) groups excluding carboxylic acids is 1. The van der Waals surface area contributed by atoms with Gasteiger partial charge in [-0.15, -0.1) is 0 Å². The molecule has 2 aromatic carbocycles. The number of benzene rings is 2. The summed E-state index contributed by atoms with van der Waals surface area (Å²) in [5.41, 5.74) is 1.97. The first-order chi connectivity index (χ1) is 15.4. The van der Waals surface area contributed by atoms with Gasteiger partial charge in [0.05, 0.1) is 5.69 Å². The molecule has 0 bridgehead atoms. The van der Waals surface area contributed by atoms with E-state index in [1.165, 1.54) is 6.07 Å². The minimum atomic E-state index is -1.66. The predicted octanol–water partition coefficient (Wildman–Crippen LogP) is 3.90. The first-order valence-electron chi connectivity index (χ1n) is 11.2. The van der Waals surface area contributed by atoms with Gasteiger partial charge in [0.1, 0.15) is 18.9 Å². The zero-order chi connectivity index (χ0) is 22.7. The number of amides is 1. The summed E-state index contributed by atoms with van der Waals surface area (Å²) < 4.78 is 27.5. The summed E-state index contributed by atoms with van der Waals surface area (Å²) in [4.78, 5) is 15.2. The lowest BCUT2D eigenvalue weighted by molar-refractivity contribution is -0.768. The molecule has 0 radical (unpaired) electrons. The second kappa shape index (κ2) is 9.79. The number of quaternary nitrogens is 1. The molecule has 8 heteroatoms. The van der Waals surface area contributed by atoms with Crippen LogP contribution in [0, 0.1) is 11.0 Å². The summed E-state index contributed by atoms with van der Waals surface area (Å²) in [6.07, 6.45) is 2.28. The van der Waals surface area contributed by atoms with Crippen LogP contribution in [-0.4, -0.2) is 52.1 Å². The van der Waals surface area contributed by atoms with E-state index in [-0.39, 0.29) is 30.1 Å². The quantitative estimate of drug-likeness (QED) is 0.395. The average Bonchev–Trinajstić information content (AvgIpc) is 2.93. The van der Waals surface area contributed by atoms with Crippen LogP contribution in [0.2, 0.25) is 0 Å². The lowest BCUT2D eigenvalue weighted by Crippen LogP contribution is -2.48. The van der Waals surface area contributed by atoms with Crippen molar-refractivity contribution in [2.75, 3.05) is 37.6 Å². The van der Waals surface area contributed by atoms with Crippen LogP contribution >= 0.6 is 0 Å². The van der Waals surface area contributed by atoms with Gasteiger partial charge in [-0.25, -0.2) is 4.39 Å². The molecule has 1 amide bonds. The number of halogens is 1. The highest BCUT2D eigenvalue weighted by Crippen LogP contribution is 2.39. The Morgan fingerprint density at radius 3 is 2.50 bits per heavy atom. The fourth-order valence-electron chi connectivity index (χ4n) is 4.64. The summed E-state index contributed by atoms with van der Waals surface area (Å²) in [5, 5.41) is 13.4. The number of hydrogen-bond donors (Lipinski definition) is 0. The normalized spacial score (nSPS) is 26.6. The number of nitrogens with zero attached hydrogens (tertiary/aromatic N) is 3. The van der Waals surface area contributed by atoms with Crippen molar-refractivity contribution < 1.29 is 17.8 Å². The summed E-state index contributed by atoms with van der Waals surface area (Å²) in [6, 6.07) is 14.5. The minimum Gasteiger partial charge on any atom is -0.586 e. The molecular formula is C24H30FN3O3S. The first kappa shape index (κ1) is 23.0. The molecule has 2 aliphatic heterocycles. The number of rotatable bonds is 4. The highest BCUT2D eigenvalue weighted by molar-refractivity contribution is 7.86. The number of hydrogen-bond acceptors (Lipinski definition) is 4. The number of carbonyl (C=O) groups is 1. The van der Waals surface area contributed by atoms with Crippen LogP contribution in [0.4, 0.5) is 10.1 Å². The van der Waals surface area contributed by atoms with Gasteiger partial charge in [0.25, 0.3) is 0 Å². The third-order valence-corrected chi connectivity index (χ3v) is 8.42. The van der Waals surface area contributed by atoms with E-state index in [2.05, 4.69) is 0 Å². The number of hydroxylamine groups is 2. The van der Waals surface area contributed by atoms with E-state index in [1.54, 1.807) is 24.0 Å². The van der Waals surface area contributed by atoms with Crippen LogP contribution in [-0.2, 0) is 22.7 Å². The second-order valence-corrected chi connectivity index (χ2v) is 10.4. The molecule has 0 aromatic heterocycles. The molecule has 0 saturated carbocycles. The molecule has 2 heterocycles. The topological polar surface area (TPSA) is 69.7 Å². The van der Waals surface area contributed by atoms with E-state index in [9.17, 15) is 18.9 Å². The second-order valence-electron chi connectivity index (χ2n) is 8.65. The molecule has 2 saturated heterocycles. The van der Waals surface area contributed by atoms with E-state index in [0.29, 0.717) is 43.9 Å². The SMILES string of the molecule is CC(=O)N1CCN(c2ccc(C[N+]3([O-])CCCCC(c4ccccc4)[S+]3[O-])cc2F)CC1. The zero-order valence-corrected chi connectivity index (χ0v) is 19.2. The summed E-state index contributed by atoms with van der Waals surface area (Å²) in [5.74, 6) is -0.352. The Labute approximate surface area is 192 Å². The van der Waals surface area contributed by atoms with Gasteiger partial charge in [-0.05, 0) is 18.6 Å². The third kappa shape index (κ3) is 4.93. The highest BCUT2D eigenvalue weighted by atomic mass is 32.2. The van der Waals surface area contributed by atoms with Crippen molar-refractivity contribution >= 4 is 23.0 Å². The Kier molecular flexibility index (Phi) is 7.05. The molecule has 0 spiro atoms. The van der Waals surface area contributed by atoms with Crippen molar-refractivity contribution in [3.8, 4) is 0 Å². The molecular weight excluding hydrogens is 429 g/mol. The van der Waals surface area contributed by atoms with Gasteiger partial charge in [-0.3, -0.25) is 4.79 Å². The van der Waals surface area contributed by atoms with Crippen molar-refractivity contribution in [2.24, 2.45) is 0 Å². The molecule has 6 nitrogen and oxygen atoms in total. The fourth-order valence-corrected chi connectivity index (χ4v) is 6.45. The Balaban J connectivity index is 1.49. The molecule has 4 rings (SSSR count). The molecule has 172 valence electrons. The Morgan fingerprint density at radius 2 is 1.84 bits per heavy atom. The van der Waals surface area contributed by atoms with Gasteiger partial charge < -0.3 is 19.6 Å². The molecule has 2 aliphatic rings. The molecule has 32 heavy (non-hydrogen) atoms. The van der Waals surface area contributed by atoms with Crippen molar-refractivity contribution in [2.45, 2.75) is 38.0 Å². The smallest absolute Gasteiger partial charge is 0.219 e. The third-order valence-electron chi connectivity index (χ3n) is 6.46. The summed E-state index contributed by atoms with van der Waals surface area (Å²) in [6.45, 7) is 4.08. The van der Waals surface area contributed by atoms with Gasteiger partial charge in [0, 0.05) is 57.1 Å². The molecule has 2 fully saturated rings. The van der Waals surface area contributed by atoms with Crippen LogP contribution in [0.5, 0.6) is 0 Å². The van der Waals surface area contributed by atoms with Gasteiger partial charge >= 0.3 is 0 Å². The van der Waals surface area contributed by atoms with Gasteiger partial charge in [0.2, 0.25) is 5.91 Å². The Hall–Kier alpha value is -2.13. The van der Waals surface area contributed by atoms with E-state index in [1.807, 2.05) is 35.2 Å². The van der Waals surface area contributed by atoms with Crippen molar-refractivity contribution in [1.82, 2.24) is 4.90 Å². The van der Waals surface area contributed by atoms with Crippen molar-refractivity contribution in [3.63, 3.8) is 0 Å². The maximum atomic E-state index is 15.0. The summed E-state index contributed by atoms with van der Waals surface area (Å²) in [7, 11) is 0. The van der Waals surface area contributed by atoms with Gasteiger partial charge in [-0.2, -0.15) is 4.05 Å². The standard InChI is InChI=1S/C24H30FN3O3S/c1-19(29)26-12-14-27(15-13-26)23-11-10-20(17-22(23)25)18-28(30)16-6-5-9-24(32(28)31)21-7-3-2-4-8-21/h2-4,7-8,10-11,17,24H,5-6,9,12-16,18H2,1H3. The lowest BCUT2D eigenvalue weighted by Gasteiger charge is -2.41. The van der Waals surface area contributed by atoms with E-state index >= 15 is 0 Å². The predicted molar refractivity (Wildman–Crippen MR) is 124 cm³/mol. The molecule has 3 atom stereocenters. The van der Waals surface area contributed by atoms with E-state index < -0.39 is 15.4 Å². The van der Waals surface area contributed by atoms with Crippen LogP contribution in [0.3, 0.4) is 0 Å².